The molecule has 0 radical (unpaired) electrons. The van der Waals surface area contributed by atoms with Crippen molar-refractivity contribution in [1.29, 1.82) is 0 Å². The zero-order valence-electron chi connectivity index (χ0n) is 13.7. The van der Waals surface area contributed by atoms with Gasteiger partial charge in [-0.05, 0) is 42.5 Å². The molecule has 2 N–H and O–H groups in total. The zero-order valence-corrected chi connectivity index (χ0v) is 13.7. The van der Waals surface area contributed by atoms with Crippen LogP contribution in [0, 0.1) is 0 Å². The Balaban J connectivity index is 1.75. The lowest BCUT2D eigenvalue weighted by Gasteiger charge is -2.18. The number of rotatable bonds is 6. The van der Waals surface area contributed by atoms with Gasteiger partial charge in [0.1, 0.15) is 0 Å². The molecule has 0 atom stereocenters. The second-order valence-corrected chi connectivity index (χ2v) is 6.09. The summed E-state index contributed by atoms with van der Waals surface area (Å²) in [7, 11) is 0. The number of nitrogens with two attached hydrogens (primary N) is 1. The molecular weight excluding hydrogens is 349 g/mol. The van der Waals surface area contributed by atoms with Gasteiger partial charge in [-0.3, -0.25) is 14.8 Å². The standard InChI is InChI=1S/C17H17F3N4O2/c18-17(19,20)10-26-15-14(12-1-2-12)7-13(8-23-15)16(25)24(21)9-11-3-5-22-6-4-11/h3-8,12H,1-2,9-10,21H2. The molecule has 1 aliphatic rings. The smallest absolute Gasteiger partial charge is 0.422 e. The number of hydrazine groups is 1. The van der Waals surface area contributed by atoms with Crippen LogP contribution in [0.5, 0.6) is 5.88 Å². The summed E-state index contributed by atoms with van der Waals surface area (Å²) in [4.78, 5) is 20.3. The number of hydrogen-bond donors (Lipinski definition) is 1. The number of alkyl halides is 3. The van der Waals surface area contributed by atoms with E-state index in [1.54, 1.807) is 24.5 Å². The van der Waals surface area contributed by atoms with Crippen molar-refractivity contribution in [2.24, 2.45) is 5.84 Å². The number of aromatic nitrogens is 2. The summed E-state index contributed by atoms with van der Waals surface area (Å²) in [6.07, 6.45) is 1.57. The summed E-state index contributed by atoms with van der Waals surface area (Å²) in [5.74, 6) is 5.33. The first-order valence-electron chi connectivity index (χ1n) is 7.98. The first-order chi connectivity index (χ1) is 12.3. The van der Waals surface area contributed by atoms with Crippen LogP contribution in [0.2, 0.25) is 0 Å². The molecule has 3 rings (SSSR count). The van der Waals surface area contributed by atoms with Crippen molar-refractivity contribution >= 4 is 5.91 Å². The summed E-state index contributed by atoms with van der Waals surface area (Å²) in [5, 5.41) is 1.03. The summed E-state index contributed by atoms with van der Waals surface area (Å²) >= 11 is 0. The molecule has 0 unspecified atom stereocenters. The van der Waals surface area contributed by atoms with Crippen LogP contribution < -0.4 is 10.6 Å². The Labute approximate surface area is 147 Å². The first kappa shape index (κ1) is 18.1. The molecule has 1 saturated carbocycles. The first-order valence-corrected chi connectivity index (χ1v) is 7.98. The maximum absolute atomic E-state index is 12.5. The molecule has 138 valence electrons. The number of ether oxygens (including phenoxy) is 1. The highest BCUT2D eigenvalue weighted by Crippen LogP contribution is 2.44. The number of carbonyl (C=O) groups excluding carboxylic acids is 1. The van der Waals surface area contributed by atoms with Gasteiger partial charge in [-0.1, -0.05) is 0 Å². The zero-order chi connectivity index (χ0) is 18.7. The van der Waals surface area contributed by atoms with Gasteiger partial charge < -0.3 is 4.74 Å². The highest BCUT2D eigenvalue weighted by Gasteiger charge is 2.32. The van der Waals surface area contributed by atoms with Crippen molar-refractivity contribution in [3.8, 4) is 5.88 Å². The van der Waals surface area contributed by atoms with E-state index in [4.69, 9.17) is 10.6 Å². The van der Waals surface area contributed by atoms with Crippen LogP contribution in [0.1, 0.15) is 40.2 Å². The molecule has 0 aliphatic heterocycles. The van der Waals surface area contributed by atoms with Crippen LogP contribution >= 0.6 is 0 Å². The van der Waals surface area contributed by atoms with Crippen molar-refractivity contribution in [2.75, 3.05) is 6.61 Å². The quantitative estimate of drug-likeness (QED) is 0.483. The Kier molecular flexibility index (Phi) is 5.08. The van der Waals surface area contributed by atoms with E-state index in [2.05, 4.69) is 9.97 Å². The van der Waals surface area contributed by atoms with Gasteiger partial charge in [0.15, 0.2) is 6.61 Å². The topological polar surface area (TPSA) is 81.3 Å². The van der Waals surface area contributed by atoms with Crippen molar-refractivity contribution < 1.29 is 22.7 Å². The number of hydrogen-bond acceptors (Lipinski definition) is 5. The Morgan fingerprint density at radius 1 is 1.31 bits per heavy atom. The third-order valence-corrected chi connectivity index (χ3v) is 3.88. The molecule has 0 spiro atoms. The van der Waals surface area contributed by atoms with E-state index in [-0.39, 0.29) is 23.9 Å². The number of nitrogens with zero attached hydrogens (tertiary/aromatic N) is 3. The van der Waals surface area contributed by atoms with Gasteiger partial charge in [-0.25, -0.2) is 10.8 Å². The van der Waals surface area contributed by atoms with Gasteiger partial charge in [0.2, 0.25) is 5.88 Å². The molecule has 2 aromatic rings. The highest BCUT2D eigenvalue weighted by atomic mass is 19.4. The van der Waals surface area contributed by atoms with Crippen molar-refractivity contribution in [2.45, 2.75) is 31.5 Å². The van der Waals surface area contributed by atoms with Gasteiger partial charge in [-0.2, -0.15) is 13.2 Å². The predicted octanol–water partition coefficient (Wildman–Crippen LogP) is 2.81. The Bertz CT molecular complexity index is 779. The Hall–Kier alpha value is -2.68. The second kappa shape index (κ2) is 7.28. The largest absolute Gasteiger partial charge is 0.468 e. The number of halogens is 3. The number of pyridine rings is 2. The lowest BCUT2D eigenvalue weighted by Crippen LogP contribution is -2.36. The fraction of sp³-hybridized carbons (Fsp3) is 0.353. The average molecular weight is 366 g/mol. The fourth-order valence-corrected chi connectivity index (χ4v) is 2.47. The van der Waals surface area contributed by atoms with Crippen LogP contribution in [-0.4, -0.2) is 33.7 Å². The minimum Gasteiger partial charge on any atom is -0.468 e. The van der Waals surface area contributed by atoms with E-state index >= 15 is 0 Å². The van der Waals surface area contributed by atoms with Gasteiger partial charge in [0.05, 0.1) is 12.1 Å². The molecule has 1 fully saturated rings. The molecule has 26 heavy (non-hydrogen) atoms. The van der Waals surface area contributed by atoms with Crippen LogP contribution in [0.3, 0.4) is 0 Å². The number of amides is 1. The van der Waals surface area contributed by atoms with E-state index in [0.29, 0.717) is 5.56 Å². The van der Waals surface area contributed by atoms with E-state index in [0.717, 1.165) is 23.4 Å². The van der Waals surface area contributed by atoms with E-state index < -0.39 is 18.7 Å². The average Bonchev–Trinajstić information content (AvgIpc) is 3.44. The molecule has 0 bridgehead atoms. The third-order valence-electron chi connectivity index (χ3n) is 3.88. The van der Waals surface area contributed by atoms with Gasteiger partial charge >= 0.3 is 6.18 Å². The van der Waals surface area contributed by atoms with E-state index in [1.807, 2.05) is 0 Å². The van der Waals surface area contributed by atoms with Crippen LogP contribution in [0.25, 0.3) is 0 Å². The molecular formula is C17H17F3N4O2. The fourth-order valence-electron chi connectivity index (χ4n) is 2.47. The van der Waals surface area contributed by atoms with Crippen LogP contribution in [0.4, 0.5) is 13.2 Å². The minimum atomic E-state index is -4.45. The van der Waals surface area contributed by atoms with Crippen LogP contribution in [0.15, 0.2) is 36.8 Å². The lowest BCUT2D eigenvalue weighted by molar-refractivity contribution is -0.154. The van der Waals surface area contributed by atoms with Crippen molar-refractivity contribution in [3.63, 3.8) is 0 Å². The number of carbonyl (C=O) groups is 1. The summed E-state index contributed by atoms with van der Waals surface area (Å²) in [6, 6.07) is 4.98. The molecule has 2 aromatic heterocycles. The van der Waals surface area contributed by atoms with E-state index in [9.17, 15) is 18.0 Å². The normalized spacial score (nSPS) is 14.2. The lowest BCUT2D eigenvalue weighted by atomic mass is 10.1. The Morgan fingerprint density at radius 2 is 2.00 bits per heavy atom. The summed E-state index contributed by atoms with van der Waals surface area (Å²) < 4.78 is 41.9. The SMILES string of the molecule is NN(Cc1ccncc1)C(=O)c1cnc(OCC(F)(F)F)c(C2CC2)c1. The van der Waals surface area contributed by atoms with Crippen molar-refractivity contribution in [1.82, 2.24) is 15.0 Å². The molecule has 9 heteroatoms. The monoisotopic (exact) mass is 366 g/mol. The summed E-state index contributed by atoms with van der Waals surface area (Å²) in [5.41, 5.74) is 1.52. The molecule has 1 aliphatic carbocycles. The Morgan fingerprint density at radius 3 is 2.62 bits per heavy atom. The molecule has 6 nitrogen and oxygen atoms in total. The van der Waals surface area contributed by atoms with Gasteiger partial charge in [-0.15, -0.1) is 0 Å². The molecule has 0 aromatic carbocycles. The van der Waals surface area contributed by atoms with Gasteiger partial charge in [0, 0.05) is 24.2 Å². The van der Waals surface area contributed by atoms with Gasteiger partial charge in [0.25, 0.3) is 5.91 Å². The summed E-state index contributed by atoms with van der Waals surface area (Å²) in [6.45, 7) is -1.25. The maximum Gasteiger partial charge on any atom is 0.422 e. The highest BCUT2D eigenvalue weighted by molar-refractivity contribution is 5.93. The van der Waals surface area contributed by atoms with Crippen LogP contribution in [-0.2, 0) is 6.54 Å². The minimum absolute atomic E-state index is 0.0601. The third kappa shape index (κ3) is 4.69. The van der Waals surface area contributed by atoms with E-state index in [1.165, 1.54) is 12.3 Å². The molecule has 0 saturated heterocycles. The molecule has 1 amide bonds. The van der Waals surface area contributed by atoms with Crippen molar-refractivity contribution in [3.05, 3.63) is 53.5 Å². The molecule has 2 heterocycles. The predicted molar refractivity (Wildman–Crippen MR) is 86.1 cm³/mol. The maximum atomic E-state index is 12.5. The second-order valence-electron chi connectivity index (χ2n) is 6.09.